The molecule has 0 fully saturated rings. The third-order valence-electron chi connectivity index (χ3n) is 2.90. The largest absolute Gasteiger partial charge is 0.361 e. The van der Waals surface area contributed by atoms with Gasteiger partial charge in [0.15, 0.2) is 0 Å². The highest BCUT2D eigenvalue weighted by Gasteiger charge is 2.13. The maximum absolute atomic E-state index is 11.6. The molecule has 5 nitrogen and oxygen atoms in total. The molecule has 0 aliphatic carbocycles. The number of nitrogens with zero attached hydrogens (tertiary/aromatic N) is 2. The molecule has 2 rings (SSSR count). The van der Waals surface area contributed by atoms with Gasteiger partial charge >= 0.3 is 0 Å². The zero-order valence-electron chi connectivity index (χ0n) is 11.4. The van der Waals surface area contributed by atoms with Crippen molar-refractivity contribution >= 4 is 34.9 Å². The first-order chi connectivity index (χ1) is 8.88. The molecular formula is C12H18BrN3O2Si. The van der Waals surface area contributed by atoms with E-state index in [9.17, 15) is 4.79 Å². The molecule has 2 aromatic heterocycles. The molecule has 0 saturated carbocycles. The number of H-pyrrole nitrogens is 1. The summed E-state index contributed by atoms with van der Waals surface area (Å²) in [5.74, 6) is 0. The van der Waals surface area contributed by atoms with Crippen LogP contribution < -0.4 is 5.56 Å². The van der Waals surface area contributed by atoms with E-state index in [0.29, 0.717) is 12.1 Å². The molecule has 1 N–H and O–H groups in total. The van der Waals surface area contributed by atoms with E-state index in [0.717, 1.165) is 22.8 Å². The third kappa shape index (κ3) is 3.55. The second kappa shape index (κ2) is 5.60. The maximum atomic E-state index is 11.6. The van der Waals surface area contributed by atoms with E-state index in [2.05, 4.69) is 45.8 Å². The summed E-state index contributed by atoms with van der Waals surface area (Å²) in [6.45, 7) is 8.14. The zero-order chi connectivity index (χ0) is 14.0. The van der Waals surface area contributed by atoms with Gasteiger partial charge in [0.05, 0.1) is 21.7 Å². The van der Waals surface area contributed by atoms with Crippen LogP contribution in [-0.4, -0.2) is 29.4 Å². The number of aromatic amines is 1. The molecule has 0 aliphatic rings. The summed E-state index contributed by atoms with van der Waals surface area (Å²) >= 11 is 3.45. The number of halogens is 1. The summed E-state index contributed by atoms with van der Waals surface area (Å²) in [7, 11) is -1.07. The van der Waals surface area contributed by atoms with Crippen molar-refractivity contribution < 1.29 is 4.74 Å². The topological polar surface area (TPSA) is 59.9 Å². The zero-order valence-corrected chi connectivity index (χ0v) is 14.0. The van der Waals surface area contributed by atoms with Gasteiger partial charge in [0.1, 0.15) is 6.73 Å². The first kappa shape index (κ1) is 14.5. The normalized spacial score (nSPS) is 12.2. The highest BCUT2D eigenvalue weighted by atomic mass is 79.9. The lowest BCUT2D eigenvalue weighted by Gasteiger charge is -2.16. The first-order valence-corrected chi connectivity index (χ1v) is 10.7. The minimum Gasteiger partial charge on any atom is -0.361 e. The van der Waals surface area contributed by atoms with Crippen molar-refractivity contribution in [1.82, 2.24) is 14.8 Å². The van der Waals surface area contributed by atoms with Crippen molar-refractivity contribution in [2.24, 2.45) is 0 Å². The Labute approximate surface area is 121 Å². The summed E-state index contributed by atoms with van der Waals surface area (Å²) in [4.78, 5) is 11.6. The highest BCUT2D eigenvalue weighted by molar-refractivity contribution is 9.10. The average Bonchev–Trinajstić information content (AvgIpc) is 2.62. The number of nitrogens with one attached hydrogen (secondary N) is 1. The van der Waals surface area contributed by atoms with Crippen LogP contribution in [0.1, 0.15) is 0 Å². The van der Waals surface area contributed by atoms with Crippen LogP contribution in [0, 0.1) is 0 Å². The number of rotatable bonds is 5. The Bertz CT molecular complexity index is 630. The maximum Gasteiger partial charge on any atom is 0.273 e. The summed E-state index contributed by atoms with van der Waals surface area (Å²) < 4.78 is 8.44. The Morgan fingerprint density at radius 3 is 2.89 bits per heavy atom. The SMILES string of the molecule is C[Si](C)(C)CCOCn1c(Br)cc2c(=O)[nH]ncc21. The standard InChI is InChI=1S/C12H18BrN3O2Si/c1-19(2,3)5-4-18-8-16-10-7-14-15-12(17)9(10)6-11(16)13/h6-7H,4-5,8H2,1-3H3,(H,15,17). The molecule has 0 spiro atoms. The Hall–Kier alpha value is -0.923. The number of ether oxygens (including phenoxy) is 1. The smallest absolute Gasteiger partial charge is 0.273 e. The summed E-state index contributed by atoms with van der Waals surface area (Å²) in [5, 5.41) is 6.87. The van der Waals surface area contributed by atoms with Gasteiger partial charge in [0.2, 0.25) is 0 Å². The molecule has 0 bridgehead atoms. The van der Waals surface area contributed by atoms with Crippen LogP contribution in [0.25, 0.3) is 10.9 Å². The Balaban J connectivity index is 2.11. The van der Waals surface area contributed by atoms with Gasteiger partial charge in [-0.15, -0.1) is 0 Å². The minimum absolute atomic E-state index is 0.181. The lowest BCUT2D eigenvalue weighted by molar-refractivity contribution is 0.0888. The second-order valence-electron chi connectivity index (χ2n) is 5.74. The Morgan fingerprint density at radius 2 is 2.21 bits per heavy atom. The molecule has 19 heavy (non-hydrogen) atoms. The van der Waals surface area contributed by atoms with Gasteiger partial charge in [-0.05, 0) is 28.0 Å². The van der Waals surface area contributed by atoms with Gasteiger partial charge in [0, 0.05) is 14.7 Å². The molecule has 0 radical (unpaired) electrons. The molecule has 0 aromatic carbocycles. The minimum atomic E-state index is -1.07. The van der Waals surface area contributed by atoms with E-state index in [4.69, 9.17) is 4.74 Å². The monoisotopic (exact) mass is 343 g/mol. The van der Waals surface area contributed by atoms with Crippen molar-refractivity contribution in [2.75, 3.05) is 6.61 Å². The number of hydrogen-bond donors (Lipinski definition) is 1. The van der Waals surface area contributed by atoms with Gasteiger partial charge in [0.25, 0.3) is 5.56 Å². The van der Waals surface area contributed by atoms with E-state index in [1.54, 1.807) is 12.3 Å². The van der Waals surface area contributed by atoms with Crippen molar-refractivity contribution in [3.63, 3.8) is 0 Å². The molecule has 2 heterocycles. The average molecular weight is 344 g/mol. The van der Waals surface area contributed by atoms with Crippen LogP contribution in [0.15, 0.2) is 21.7 Å². The molecule has 0 atom stereocenters. The van der Waals surface area contributed by atoms with Crippen LogP contribution in [0.4, 0.5) is 0 Å². The van der Waals surface area contributed by atoms with Crippen molar-refractivity contribution in [1.29, 1.82) is 0 Å². The van der Waals surface area contributed by atoms with Gasteiger partial charge in [-0.25, -0.2) is 5.10 Å². The molecule has 0 saturated heterocycles. The van der Waals surface area contributed by atoms with E-state index >= 15 is 0 Å². The van der Waals surface area contributed by atoms with E-state index < -0.39 is 8.07 Å². The molecule has 2 aromatic rings. The fraction of sp³-hybridized carbons (Fsp3) is 0.500. The van der Waals surface area contributed by atoms with Crippen LogP contribution in [0.2, 0.25) is 25.7 Å². The quantitative estimate of drug-likeness (QED) is 0.670. The molecule has 0 aliphatic heterocycles. The highest BCUT2D eigenvalue weighted by Crippen LogP contribution is 2.20. The number of hydrogen-bond acceptors (Lipinski definition) is 3. The second-order valence-corrected chi connectivity index (χ2v) is 12.2. The summed E-state index contributed by atoms with van der Waals surface area (Å²) in [6, 6.07) is 2.92. The lowest BCUT2D eigenvalue weighted by atomic mass is 10.4. The molecule has 0 amide bonds. The molecule has 7 heteroatoms. The van der Waals surface area contributed by atoms with Crippen LogP contribution in [-0.2, 0) is 11.5 Å². The predicted molar refractivity (Wildman–Crippen MR) is 82.2 cm³/mol. The molecule has 0 unspecified atom stereocenters. The summed E-state index contributed by atoms with van der Waals surface area (Å²) in [6.07, 6.45) is 1.64. The van der Waals surface area contributed by atoms with Gasteiger partial charge in [-0.1, -0.05) is 19.6 Å². The Kier molecular flexibility index (Phi) is 4.27. The molecule has 104 valence electrons. The number of aromatic nitrogens is 3. The van der Waals surface area contributed by atoms with Crippen LogP contribution in [0.5, 0.6) is 0 Å². The van der Waals surface area contributed by atoms with Gasteiger partial charge in [-0.3, -0.25) is 4.79 Å². The fourth-order valence-electron chi connectivity index (χ4n) is 1.73. The van der Waals surface area contributed by atoms with Gasteiger partial charge in [-0.2, -0.15) is 5.10 Å². The number of fused-ring (bicyclic) bond motifs is 1. The summed E-state index contributed by atoms with van der Waals surface area (Å²) in [5.41, 5.74) is 0.600. The van der Waals surface area contributed by atoms with Crippen LogP contribution in [0.3, 0.4) is 0 Å². The van der Waals surface area contributed by atoms with E-state index in [1.165, 1.54) is 0 Å². The van der Waals surface area contributed by atoms with Crippen molar-refractivity contribution in [3.8, 4) is 0 Å². The third-order valence-corrected chi connectivity index (χ3v) is 5.26. The van der Waals surface area contributed by atoms with Gasteiger partial charge < -0.3 is 9.30 Å². The first-order valence-electron chi connectivity index (χ1n) is 6.19. The van der Waals surface area contributed by atoms with E-state index in [-0.39, 0.29) is 5.56 Å². The van der Waals surface area contributed by atoms with Crippen molar-refractivity contribution in [3.05, 3.63) is 27.2 Å². The lowest BCUT2D eigenvalue weighted by Crippen LogP contribution is -2.22. The van der Waals surface area contributed by atoms with E-state index in [1.807, 2.05) is 4.57 Å². The van der Waals surface area contributed by atoms with Crippen molar-refractivity contribution in [2.45, 2.75) is 32.4 Å². The fourth-order valence-corrected chi connectivity index (χ4v) is 3.01. The predicted octanol–water partition coefficient (Wildman–Crippen LogP) is 2.80. The molecular weight excluding hydrogens is 326 g/mol. The van der Waals surface area contributed by atoms with Crippen LogP contribution >= 0.6 is 15.9 Å². The Morgan fingerprint density at radius 1 is 1.47 bits per heavy atom.